The summed E-state index contributed by atoms with van der Waals surface area (Å²) in [7, 11) is 1.33. The molecule has 2 atom stereocenters. The Bertz CT molecular complexity index is 185. The zero-order valence-electron chi connectivity index (χ0n) is 7.90. The number of carbonyl (C=O) groups is 1. The number of hydrogen-bond donors (Lipinski definition) is 1. The van der Waals surface area contributed by atoms with Crippen LogP contribution in [0.1, 0.15) is 6.92 Å². The highest BCUT2D eigenvalue weighted by molar-refractivity contribution is 5.76. The van der Waals surface area contributed by atoms with Crippen LogP contribution < -0.4 is 0 Å². The van der Waals surface area contributed by atoms with Crippen molar-refractivity contribution in [3.63, 3.8) is 0 Å². The lowest BCUT2D eigenvalue weighted by molar-refractivity contribution is -0.163. The predicted octanol–water partition coefficient (Wildman–Crippen LogP) is -0.802. The maximum absolute atomic E-state index is 11.3. The molecule has 1 aliphatic heterocycles. The number of morpholine rings is 1. The van der Waals surface area contributed by atoms with Crippen molar-refractivity contribution in [2.45, 2.75) is 19.1 Å². The Morgan fingerprint density at radius 3 is 3.00 bits per heavy atom. The van der Waals surface area contributed by atoms with Crippen LogP contribution in [0.2, 0.25) is 0 Å². The molecule has 0 spiro atoms. The molecule has 0 aromatic rings. The third-order valence-corrected chi connectivity index (χ3v) is 2.22. The quantitative estimate of drug-likeness (QED) is 0.576. The average Bonchev–Trinajstić information content (AvgIpc) is 2.16. The summed E-state index contributed by atoms with van der Waals surface area (Å²) >= 11 is 0. The van der Waals surface area contributed by atoms with Crippen LogP contribution in [0.5, 0.6) is 0 Å². The van der Waals surface area contributed by atoms with Gasteiger partial charge in [0, 0.05) is 6.54 Å². The van der Waals surface area contributed by atoms with Crippen molar-refractivity contribution in [2.75, 3.05) is 27.0 Å². The molecule has 5 heteroatoms. The summed E-state index contributed by atoms with van der Waals surface area (Å²) in [6, 6.07) is -0.483. The molecule has 1 heterocycles. The Morgan fingerprint density at radius 2 is 2.46 bits per heavy atom. The number of ether oxygens (including phenoxy) is 2. The van der Waals surface area contributed by atoms with E-state index in [-0.39, 0.29) is 18.8 Å². The van der Waals surface area contributed by atoms with Crippen molar-refractivity contribution in [2.24, 2.45) is 0 Å². The predicted molar refractivity (Wildman–Crippen MR) is 45.0 cm³/mol. The van der Waals surface area contributed by atoms with Gasteiger partial charge in [-0.15, -0.1) is 0 Å². The van der Waals surface area contributed by atoms with Crippen molar-refractivity contribution < 1.29 is 19.4 Å². The summed E-state index contributed by atoms with van der Waals surface area (Å²) < 4.78 is 9.91. The van der Waals surface area contributed by atoms with Gasteiger partial charge in [0.05, 0.1) is 26.6 Å². The number of aliphatic hydroxyl groups excluding tert-OH is 1. The van der Waals surface area contributed by atoms with E-state index in [2.05, 4.69) is 4.74 Å². The fourth-order valence-electron chi connectivity index (χ4n) is 1.50. The molecular weight excluding hydrogens is 174 g/mol. The summed E-state index contributed by atoms with van der Waals surface area (Å²) in [4.78, 5) is 12.9. The Morgan fingerprint density at radius 1 is 1.77 bits per heavy atom. The molecule has 0 bridgehead atoms. The first kappa shape index (κ1) is 10.4. The number of methoxy groups -OCH3 is 1. The molecule has 1 aliphatic rings. The van der Waals surface area contributed by atoms with E-state index in [1.54, 1.807) is 11.8 Å². The molecule has 0 aromatic carbocycles. The van der Waals surface area contributed by atoms with Gasteiger partial charge in [0.2, 0.25) is 0 Å². The van der Waals surface area contributed by atoms with E-state index < -0.39 is 6.04 Å². The first-order valence-electron chi connectivity index (χ1n) is 4.25. The van der Waals surface area contributed by atoms with E-state index in [9.17, 15) is 4.79 Å². The second kappa shape index (κ2) is 4.55. The number of esters is 1. The summed E-state index contributed by atoms with van der Waals surface area (Å²) in [5.41, 5.74) is 0. The van der Waals surface area contributed by atoms with E-state index in [1.165, 1.54) is 7.11 Å². The smallest absolute Gasteiger partial charge is 0.325 e. The lowest BCUT2D eigenvalue weighted by Crippen LogP contribution is -2.54. The van der Waals surface area contributed by atoms with Gasteiger partial charge in [0.15, 0.2) is 0 Å². The van der Waals surface area contributed by atoms with Crippen molar-refractivity contribution in [1.29, 1.82) is 0 Å². The SMILES string of the molecule is COC(=O)C1C(C)OCCN1CO. The Kier molecular flexibility index (Phi) is 3.65. The molecule has 0 aliphatic carbocycles. The van der Waals surface area contributed by atoms with Crippen LogP contribution in [-0.4, -0.2) is 55.1 Å². The maximum atomic E-state index is 11.3. The van der Waals surface area contributed by atoms with Crippen LogP contribution in [0.3, 0.4) is 0 Å². The van der Waals surface area contributed by atoms with Crippen LogP contribution in [-0.2, 0) is 14.3 Å². The average molecular weight is 189 g/mol. The van der Waals surface area contributed by atoms with Crippen LogP contribution in [0, 0.1) is 0 Å². The summed E-state index contributed by atoms with van der Waals surface area (Å²) in [6.07, 6.45) is -0.228. The zero-order chi connectivity index (χ0) is 9.84. The van der Waals surface area contributed by atoms with E-state index in [4.69, 9.17) is 9.84 Å². The molecule has 1 rings (SSSR count). The molecule has 76 valence electrons. The van der Waals surface area contributed by atoms with Crippen molar-refractivity contribution >= 4 is 5.97 Å². The molecule has 13 heavy (non-hydrogen) atoms. The van der Waals surface area contributed by atoms with E-state index in [0.717, 1.165) is 0 Å². The third kappa shape index (κ3) is 2.18. The minimum absolute atomic E-state index is 0.145. The van der Waals surface area contributed by atoms with Gasteiger partial charge < -0.3 is 14.6 Å². The highest BCUT2D eigenvalue weighted by atomic mass is 16.5. The molecule has 1 saturated heterocycles. The van der Waals surface area contributed by atoms with Crippen LogP contribution in [0.15, 0.2) is 0 Å². The monoisotopic (exact) mass is 189 g/mol. The number of nitrogens with zero attached hydrogens (tertiary/aromatic N) is 1. The number of rotatable bonds is 2. The normalized spacial score (nSPS) is 30.1. The minimum Gasteiger partial charge on any atom is -0.468 e. The van der Waals surface area contributed by atoms with Crippen LogP contribution >= 0.6 is 0 Å². The first-order valence-corrected chi connectivity index (χ1v) is 4.25. The summed E-state index contributed by atoms with van der Waals surface area (Å²) in [5.74, 6) is -0.360. The Balaban J connectivity index is 2.67. The fourth-order valence-corrected chi connectivity index (χ4v) is 1.50. The van der Waals surface area contributed by atoms with Gasteiger partial charge >= 0.3 is 5.97 Å². The fraction of sp³-hybridized carbons (Fsp3) is 0.875. The third-order valence-electron chi connectivity index (χ3n) is 2.22. The zero-order valence-corrected chi connectivity index (χ0v) is 7.90. The lowest BCUT2D eigenvalue weighted by Gasteiger charge is -2.36. The number of hydrogen-bond acceptors (Lipinski definition) is 5. The molecule has 5 nitrogen and oxygen atoms in total. The molecule has 2 unspecified atom stereocenters. The van der Waals surface area contributed by atoms with Gasteiger partial charge in [0.25, 0.3) is 0 Å². The molecule has 0 amide bonds. The van der Waals surface area contributed by atoms with Crippen molar-refractivity contribution in [3.8, 4) is 0 Å². The van der Waals surface area contributed by atoms with Gasteiger partial charge in [-0.3, -0.25) is 9.69 Å². The summed E-state index contributed by atoms with van der Waals surface area (Å²) in [6.45, 7) is 2.74. The first-order chi connectivity index (χ1) is 6.20. The highest BCUT2D eigenvalue weighted by Gasteiger charge is 2.35. The van der Waals surface area contributed by atoms with E-state index >= 15 is 0 Å². The molecule has 0 saturated carbocycles. The maximum Gasteiger partial charge on any atom is 0.325 e. The Hall–Kier alpha value is -0.650. The molecule has 1 N–H and O–H groups in total. The molecule has 0 radical (unpaired) electrons. The molecule has 1 fully saturated rings. The second-order valence-corrected chi connectivity index (χ2v) is 3.00. The van der Waals surface area contributed by atoms with Crippen molar-refractivity contribution in [3.05, 3.63) is 0 Å². The number of carbonyl (C=O) groups excluding carboxylic acids is 1. The van der Waals surface area contributed by atoms with Crippen LogP contribution in [0.25, 0.3) is 0 Å². The van der Waals surface area contributed by atoms with Crippen LogP contribution in [0.4, 0.5) is 0 Å². The molecule has 0 aromatic heterocycles. The van der Waals surface area contributed by atoms with E-state index in [0.29, 0.717) is 13.2 Å². The van der Waals surface area contributed by atoms with Gasteiger partial charge in [-0.25, -0.2) is 0 Å². The topological polar surface area (TPSA) is 59.0 Å². The van der Waals surface area contributed by atoms with Crippen molar-refractivity contribution in [1.82, 2.24) is 4.90 Å². The largest absolute Gasteiger partial charge is 0.468 e. The standard InChI is InChI=1S/C8H15NO4/c1-6-7(8(11)12-2)9(5-10)3-4-13-6/h6-7,10H,3-5H2,1-2H3. The van der Waals surface area contributed by atoms with Gasteiger partial charge in [-0.2, -0.15) is 0 Å². The molecular formula is C8H15NO4. The minimum atomic E-state index is -0.483. The lowest BCUT2D eigenvalue weighted by atomic mass is 10.1. The number of aliphatic hydroxyl groups is 1. The summed E-state index contributed by atoms with van der Waals surface area (Å²) in [5, 5.41) is 8.99. The van der Waals surface area contributed by atoms with Gasteiger partial charge in [-0.05, 0) is 6.92 Å². The Labute approximate surface area is 77.2 Å². The highest BCUT2D eigenvalue weighted by Crippen LogP contribution is 2.14. The van der Waals surface area contributed by atoms with Gasteiger partial charge in [0.1, 0.15) is 6.04 Å². The van der Waals surface area contributed by atoms with E-state index in [1.807, 2.05) is 0 Å². The second-order valence-electron chi connectivity index (χ2n) is 3.00. The van der Waals surface area contributed by atoms with Gasteiger partial charge in [-0.1, -0.05) is 0 Å².